The van der Waals surface area contributed by atoms with E-state index in [4.69, 9.17) is 15.0 Å². The molecule has 7 heteroatoms. The average molecular weight is 301 g/mol. The van der Waals surface area contributed by atoms with Gasteiger partial charge in [-0.1, -0.05) is 6.07 Å². The van der Waals surface area contributed by atoms with E-state index in [1.165, 1.54) is 6.07 Å². The third-order valence-electron chi connectivity index (χ3n) is 2.70. The molecule has 0 saturated carbocycles. The first-order valence-corrected chi connectivity index (χ1v) is 7.83. The van der Waals surface area contributed by atoms with Gasteiger partial charge in [0.15, 0.2) is 0 Å². The molecule has 0 radical (unpaired) electrons. The predicted molar refractivity (Wildman–Crippen MR) is 74.2 cm³/mol. The second-order valence-corrected chi connectivity index (χ2v) is 6.08. The second kappa shape index (κ2) is 7.25. The molecule has 0 bridgehead atoms. The third kappa shape index (κ3) is 5.58. The van der Waals surface area contributed by atoms with Gasteiger partial charge in [-0.3, -0.25) is 4.79 Å². The van der Waals surface area contributed by atoms with Gasteiger partial charge in [-0.2, -0.15) is 0 Å². The molecule has 0 aliphatic heterocycles. The maximum absolute atomic E-state index is 11.4. The highest BCUT2D eigenvalue weighted by Gasteiger charge is 2.15. The lowest BCUT2D eigenvalue weighted by Gasteiger charge is -2.10. The van der Waals surface area contributed by atoms with Crippen LogP contribution in [0.5, 0.6) is 5.75 Å². The summed E-state index contributed by atoms with van der Waals surface area (Å²) < 4.78 is 28.3. The molecule has 0 saturated heterocycles. The number of aryl methyl sites for hydroxylation is 1. The van der Waals surface area contributed by atoms with Gasteiger partial charge in [0.05, 0.1) is 6.61 Å². The number of rotatable bonds is 8. The van der Waals surface area contributed by atoms with Crippen molar-refractivity contribution in [3.8, 4) is 5.75 Å². The molecule has 0 amide bonds. The summed E-state index contributed by atoms with van der Waals surface area (Å²) in [7, 11) is -3.82. The van der Waals surface area contributed by atoms with Crippen LogP contribution in [0.15, 0.2) is 23.1 Å². The van der Waals surface area contributed by atoms with Crippen LogP contribution in [0.1, 0.15) is 31.2 Å². The van der Waals surface area contributed by atoms with Crippen molar-refractivity contribution < 1.29 is 23.1 Å². The zero-order valence-electron chi connectivity index (χ0n) is 11.3. The van der Waals surface area contributed by atoms with Crippen LogP contribution in [0.3, 0.4) is 0 Å². The molecule has 0 aromatic heterocycles. The smallest absolute Gasteiger partial charge is 0.303 e. The van der Waals surface area contributed by atoms with E-state index in [0.29, 0.717) is 25.9 Å². The predicted octanol–water partition coefficient (Wildman–Crippen LogP) is 1.67. The number of sulfonamides is 1. The van der Waals surface area contributed by atoms with Crippen molar-refractivity contribution in [2.24, 2.45) is 5.14 Å². The number of unbranched alkanes of at least 4 members (excludes halogenated alkanes) is 2. The van der Waals surface area contributed by atoms with E-state index in [1.54, 1.807) is 19.1 Å². The lowest BCUT2D eigenvalue weighted by Crippen LogP contribution is -2.14. The SMILES string of the molecule is Cc1ccc(OCCCCCC(=O)O)c(S(N)(=O)=O)c1. The summed E-state index contributed by atoms with van der Waals surface area (Å²) in [5, 5.41) is 13.6. The number of carboxylic acids is 1. The van der Waals surface area contributed by atoms with E-state index in [9.17, 15) is 13.2 Å². The topological polar surface area (TPSA) is 107 Å². The molecule has 0 aliphatic carbocycles. The van der Waals surface area contributed by atoms with Crippen molar-refractivity contribution in [3.05, 3.63) is 23.8 Å². The zero-order valence-corrected chi connectivity index (χ0v) is 12.1. The fourth-order valence-electron chi connectivity index (χ4n) is 1.69. The number of hydrogen-bond acceptors (Lipinski definition) is 4. The Bertz CT molecular complexity index is 568. The number of hydrogen-bond donors (Lipinski definition) is 2. The largest absolute Gasteiger partial charge is 0.492 e. The summed E-state index contributed by atoms with van der Waals surface area (Å²) >= 11 is 0. The zero-order chi connectivity index (χ0) is 15.2. The van der Waals surface area contributed by atoms with Crippen molar-refractivity contribution in [1.29, 1.82) is 0 Å². The van der Waals surface area contributed by atoms with Gasteiger partial charge in [0.2, 0.25) is 10.0 Å². The lowest BCUT2D eigenvalue weighted by molar-refractivity contribution is -0.137. The van der Waals surface area contributed by atoms with Crippen molar-refractivity contribution in [1.82, 2.24) is 0 Å². The summed E-state index contributed by atoms with van der Waals surface area (Å²) in [6.07, 6.45) is 2.08. The number of ether oxygens (including phenoxy) is 1. The highest BCUT2D eigenvalue weighted by molar-refractivity contribution is 7.89. The molecule has 1 aromatic carbocycles. The van der Waals surface area contributed by atoms with Crippen molar-refractivity contribution in [2.75, 3.05) is 6.61 Å². The van der Waals surface area contributed by atoms with Gasteiger partial charge >= 0.3 is 5.97 Å². The molecule has 6 nitrogen and oxygen atoms in total. The Morgan fingerprint density at radius 3 is 2.60 bits per heavy atom. The van der Waals surface area contributed by atoms with E-state index in [1.807, 2.05) is 0 Å². The quantitative estimate of drug-likeness (QED) is 0.710. The van der Waals surface area contributed by atoms with Crippen LogP contribution in [-0.4, -0.2) is 26.1 Å². The van der Waals surface area contributed by atoms with E-state index in [0.717, 1.165) is 5.56 Å². The van der Waals surface area contributed by atoms with Gasteiger partial charge in [0.25, 0.3) is 0 Å². The highest BCUT2D eigenvalue weighted by atomic mass is 32.2. The Morgan fingerprint density at radius 2 is 2.00 bits per heavy atom. The number of aliphatic carboxylic acids is 1. The number of nitrogens with two attached hydrogens (primary N) is 1. The summed E-state index contributed by atoms with van der Waals surface area (Å²) in [5.74, 6) is -0.586. The first kappa shape index (κ1) is 16.5. The molecule has 1 aromatic rings. The Morgan fingerprint density at radius 1 is 1.30 bits per heavy atom. The Labute approximate surface area is 118 Å². The van der Waals surface area contributed by atoms with E-state index in [2.05, 4.69) is 0 Å². The van der Waals surface area contributed by atoms with Crippen LogP contribution in [-0.2, 0) is 14.8 Å². The molecule has 0 fully saturated rings. The maximum Gasteiger partial charge on any atom is 0.303 e. The first-order chi connectivity index (χ1) is 9.30. The van der Waals surface area contributed by atoms with Crippen molar-refractivity contribution >= 4 is 16.0 Å². The molecule has 0 unspecified atom stereocenters. The maximum atomic E-state index is 11.4. The van der Waals surface area contributed by atoms with Crippen LogP contribution in [0.4, 0.5) is 0 Å². The number of benzene rings is 1. The molecule has 0 spiro atoms. The number of carbonyl (C=O) groups is 1. The van der Waals surface area contributed by atoms with Gasteiger partial charge in [0.1, 0.15) is 10.6 Å². The molecule has 0 heterocycles. The van der Waals surface area contributed by atoms with Crippen LogP contribution >= 0.6 is 0 Å². The molecule has 1 rings (SSSR count). The summed E-state index contributed by atoms with van der Waals surface area (Å²) in [4.78, 5) is 10.3. The molecule has 0 aliphatic rings. The standard InChI is InChI=1S/C13H19NO5S/c1-10-6-7-11(12(9-10)20(14,17)18)19-8-4-2-3-5-13(15)16/h6-7,9H,2-5,8H2,1H3,(H,15,16)(H2,14,17,18). The van der Waals surface area contributed by atoms with Gasteiger partial charge in [-0.05, 0) is 43.9 Å². The van der Waals surface area contributed by atoms with Gasteiger partial charge < -0.3 is 9.84 Å². The fourth-order valence-corrected chi connectivity index (χ4v) is 2.45. The minimum atomic E-state index is -3.82. The number of primary sulfonamides is 1. The summed E-state index contributed by atoms with van der Waals surface area (Å²) in [6.45, 7) is 2.09. The van der Waals surface area contributed by atoms with Crippen LogP contribution in [0, 0.1) is 6.92 Å². The molecule has 112 valence electrons. The van der Waals surface area contributed by atoms with E-state index >= 15 is 0 Å². The summed E-state index contributed by atoms with van der Waals surface area (Å²) in [5.41, 5.74) is 0.780. The van der Waals surface area contributed by atoms with Crippen LogP contribution in [0.25, 0.3) is 0 Å². The first-order valence-electron chi connectivity index (χ1n) is 6.29. The Hall–Kier alpha value is -1.60. The number of carboxylic acid groups (broad SMARTS) is 1. The molecular formula is C13H19NO5S. The van der Waals surface area contributed by atoms with Crippen molar-refractivity contribution in [2.45, 2.75) is 37.5 Å². The molecule has 0 atom stereocenters. The van der Waals surface area contributed by atoms with E-state index < -0.39 is 16.0 Å². The molecule has 20 heavy (non-hydrogen) atoms. The van der Waals surface area contributed by atoms with E-state index in [-0.39, 0.29) is 17.1 Å². The molecular weight excluding hydrogens is 282 g/mol. The van der Waals surface area contributed by atoms with Crippen LogP contribution < -0.4 is 9.88 Å². The van der Waals surface area contributed by atoms with Crippen LogP contribution in [0.2, 0.25) is 0 Å². The Kier molecular flexibility index (Phi) is 5.97. The highest BCUT2D eigenvalue weighted by Crippen LogP contribution is 2.24. The fraction of sp³-hybridized carbons (Fsp3) is 0.462. The minimum Gasteiger partial charge on any atom is -0.492 e. The van der Waals surface area contributed by atoms with Gasteiger partial charge in [-0.15, -0.1) is 0 Å². The lowest BCUT2D eigenvalue weighted by atomic mass is 10.2. The third-order valence-corrected chi connectivity index (χ3v) is 3.63. The normalized spacial score (nSPS) is 11.3. The summed E-state index contributed by atoms with van der Waals surface area (Å²) in [6, 6.07) is 4.79. The molecule has 3 N–H and O–H groups in total. The van der Waals surface area contributed by atoms with Crippen molar-refractivity contribution in [3.63, 3.8) is 0 Å². The second-order valence-electron chi connectivity index (χ2n) is 4.55. The van der Waals surface area contributed by atoms with Gasteiger partial charge in [-0.25, -0.2) is 13.6 Å². The monoisotopic (exact) mass is 301 g/mol. The average Bonchev–Trinajstić information content (AvgIpc) is 2.33. The Balaban J connectivity index is 2.54. The minimum absolute atomic E-state index is 0.0250. The van der Waals surface area contributed by atoms with Gasteiger partial charge in [0, 0.05) is 6.42 Å².